The highest BCUT2D eigenvalue weighted by molar-refractivity contribution is 7.48. The van der Waals surface area contributed by atoms with Gasteiger partial charge in [0.1, 0.15) is 0 Å². The molecule has 0 amide bonds. The lowest BCUT2D eigenvalue weighted by atomic mass is 9.85. The van der Waals surface area contributed by atoms with Crippen molar-refractivity contribution in [2.24, 2.45) is 10.8 Å². The highest BCUT2D eigenvalue weighted by atomic mass is 31.1. The molecule has 109 valence electrons. The highest BCUT2D eigenvalue weighted by Gasteiger charge is 2.41. The predicted molar refractivity (Wildman–Crippen MR) is 83.9 cm³/mol. The molecule has 0 aromatic heterocycles. The topological polar surface area (TPSA) is 17.1 Å². The van der Waals surface area contributed by atoms with Crippen molar-refractivity contribution in [2.75, 3.05) is 0 Å². The van der Waals surface area contributed by atoms with Gasteiger partial charge < -0.3 is 0 Å². The van der Waals surface area contributed by atoms with Gasteiger partial charge >= 0.3 is 0 Å². The Morgan fingerprint density at radius 2 is 0.833 bits per heavy atom. The van der Waals surface area contributed by atoms with Crippen LogP contribution in [-0.2, 0) is 4.57 Å². The summed E-state index contributed by atoms with van der Waals surface area (Å²) in [5.74, 6) is 0. The Morgan fingerprint density at radius 1 is 0.611 bits per heavy atom. The molecule has 1 radical (unpaired) electrons. The summed E-state index contributed by atoms with van der Waals surface area (Å²) in [6, 6.07) is 0. The maximum absolute atomic E-state index is 13.0. The second kappa shape index (κ2) is 5.23. The van der Waals surface area contributed by atoms with Gasteiger partial charge in [-0.1, -0.05) is 41.5 Å². The molecule has 0 spiro atoms. The Balaban J connectivity index is 5.02. The lowest BCUT2D eigenvalue weighted by Crippen LogP contribution is -2.32. The van der Waals surface area contributed by atoms with E-state index in [0.717, 1.165) is 12.8 Å². The Kier molecular flexibility index (Phi) is 5.26. The van der Waals surface area contributed by atoms with Crippen LogP contribution in [0.3, 0.4) is 0 Å². The van der Waals surface area contributed by atoms with Crippen molar-refractivity contribution in [3.05, 3.63) is 0 Å². The third kappa shape index (κ3) is 6.32. The Bertz CT molecular complexity index is 270. The third-order valence-electron chi connectivity index (χ3n) is 3.03. The summed E-state index contributed by atoms with van der Waals surface area (Å²) < 4.78 is 13.0. The van der Waals surface area contributed by atoms with Gasteiger partial charge in [-0.15, -0.1) is 0 Å². The van der Waals surface area contributed by atoms with Gasteiger partial charge in [-0.25, -0.2) is 0 Å². The van der Waals surface area contributed by atoms with Crippen LogP contribution < -0.4 is 0 Å². The van der Waals surface area contributed by atoms with E-state index in [1.807, 2.05) is 0 Å². The highest BCUT2D eigenvalue weighted by Crippen LogP contribution is 2.57. The van der Waals surface area contributed by atoms with Gasteiger partial charge in [0.05, 0.1) is 7.80 Å². The van der Waals surface area contributed by atoms with Crippen LogP contribution in [0.2, 0.25) is 0 Å². The van der Waals surface area contributed by atoms with Crippen LogP contribution in [0.4, 0.5) is 0 Å². The number of hydrogen-bond donors (Lipinski definition) is 0. The van der Waals surface area contributed by atoms with E-state index in [1.165, 1.54) is 0 Å². The van der Waals surface area contributed by atoms with Gasteiger partial charge in [0.25, 0.3) is 0 Å². The average Bonchev–Trinajstić information content (AvgIpc) is 1.92. The van der Waals surface area contributed by atoms with Gasteiger partial charge in [-0.2, -0.15) is 0 Å². The summed E-state index contributed by atoms with van der Waals surface area (Å²) in [6.07, 6.45) is 2.01. The van der Waals surface area contributed by atoms with Crippen LogP contribution in [0.15, 0.2) is 0 Å². The Labute approximate surface area is 116 Å². The molecule has 0 aliphatic heterocycles. The van der Waals surface area contributed by atoms with Gasteiger partial charge in [-0.3, -0.25) is 4.57 Å². The first-order valence-electron chi connectivity index (χ1n) is 7.04. The standard InChI is InChI=1S/C16H34OP/c1-13(2,3)11-15(7,8)18(17)16(9,10)12-14(4,5)6/h11-12H2,1-10H3. The number of hydrogen-bond acceptors (Lipinski definition) is 1. The van der Waals surface area contributed by atoms with Crippen molar-refractivity contribution in [1.82, 2.24) is 0 Å². The Hall–Kier alpha value is 0.100. The summed E-state index contributed by atoms with van der Waals surface area (Å²) in [7, 11) is -1.25. The fourth-order valence-electron chi connectivity index (χ4n) is 3.56. The second-order valence-electron chi connectivity index (χ2n) is 9.39. The van der Waals surface area contributed by atoms with E-state index in [4.69, 9.17) is 0 Å². The summed E-state index contributed by atoms with van der Waals surface area (Å²) in [4.78, 5) is 0. The lowest BCUT2D eigenvalue weighted by Gasteiger charge is -2.40. The minimum atomic E-state index is -1.25. The van der Waals surface area contributed by atoms with Crippen LogP contribution in [0.5, 0.6) is 0 Å². The second-order valence-corrected chi connectivity index (χ2v) is 12.4. The van der Waals surface area contributed by atoms with Crippen molar-refractivity contribution in [3.8, 4) is 0 Å². The lowest BCUT2D eigenvalue weighted by molar-refractivity contribution is 0.309. The van der Waals surface area contributed by atoms with E-state index in [1.54, 1.807) is 0 Å². The fourth-order valence-corrected chi connectivity index (χ4v) is 6.43. The van der Waals surface area contributed by atoms with Crippen LogP contribution in [0.1, 0.15) is 82.1 Å². The first-order chi connectivity index (χ1) is 7.57. The van der Waals surface area contributed by atoms with E-state index in [0.29, 0.717) is 0 Å². The van der Waals surface area contributed by atoms with Crippen molar-refractivity contribution in [3.63, 3.8) is 0 Å². The molecule has 0 saturated heterocycles. The molecule has 0 saturated carbocycles. The van der Waals surface area contributed by atoms with E-state index in [2.05, 4.69) is 69.2 Å². The number of rotatable bonds is 4. The molecule has 0 aliphatic rings. The zero-order chi connectivity index (χ0) is 15.0. The largest absolute Gasteiger partial charge is 0.286 e. The maximum atomic E-state index is 13.0. The molecule has 0 aromatic carbocycles. The van der Waals surface area contributed by atoms with Crippen LogP contribution in [0.25, 0.3) is 0 Å². The molecule has 0 unspecified atom stereocenters. The normalized spacial score (nSPS) is 14.8. The van der Waals surface area contributed by atoms with E-state index < -0.39 is 7.80 Å². The summed E-state index contributed by atoms with van der Waals surface area (Å²) in [6.45, 7) is 22.1. The van der Waals surface area contributed by atoms with Gasteiger partial charge in [0.2, 0.25) is 0 Å². The molecule has 0 atom stereocenters. The predicted octanol–water partition coefficient (Wildman–Crippen LogP) is 6.24. The zero-order valence-electron chi connectivity index (χ0n) is 14.3. The molecular formula is C16H34OP. The minimum absolute atomic E-state index is 0.0949. The van der Waals surface area contributed by atoms with Gasteiger partial charge in [-0.05, 0) is 51.4 Å². The van der Waals surface area contributed by atoms with Crippen LogP contribution in [0, 0.1) is 10.8 Å². The first kappa shape index (κ1) is 18.1. The van der Waals surface area contributed by atoms with E-state index in [-0.39, 0.29) is 21.1 Å². The zero-order valence-corrected chi connectivity index (χ0v) is 15.2. The molecule has 2 heteroatoms. The molecule has 0 N–H and O–H groups in total. The van der Waals surface area contributed by atoms with E-state index in [9.17, 15) is 4.57 Å². The smallest absolute Gasteiger partial charge is 0.0833 e. The van der Waals surface area contributed by atoms with Crippen LogP contribution in [-0.4, -0.2) is 10.3 Å². The quantitative estimate of drug-likeness (QED) is 0.554. The van der Waals surface area contributed by atoms with Crippen molar-refractivity contribution in [2.45, 2.75) is 92.4 Å². The van der Waals surface area contributed by atoms with Crippen molar-refractivity contribution < 1.29 is 4.57 Å². The van der Waals surface area contributed by atoms with Gasteiger partial charge in [0, 0.05) is 10.3 Å². The Morgan fingerprint density at radius 3 is 1.00 bits per heavy atom. The summed E-state index contributed by atoms with van der Waals surface area (Å²) in [5, 5.41) is -0.190. The summed E-state index contributed by atoms with van der Waals surface area (Å²) in [5.41, 5.74) is 0.457. The molecule has 0 aliphatic carbocycles. The van der Waals surface area contributed by atoms with Crippen LogP contribution >= 0.6 is 7.80 Å². The summed E-state index contributed by atoms with van der Waals surface area (Å²) >= 11 is 0. The monoisotopic (exact) mass is 273 g/mol. The molecule has 0 bridgehead atoms. The van der Waals surface area contributed by atoms with Gasteiger partial charge in [0.15, 0.2) is 0 Å². The molecule has 1 nitrogen and oxygen atoms in total. The SMILES string of the molecule is CC(C)(C)CC(C)(C)[P](=O)C(C)(C)CC(C)(C)C. The molecule has 0 fully saturated rings. The molecule has 0 aromatic rings. The first-order valence-corrected chi connectivity index (χ1v) is 8.30. The van der Waals surface area contributed by atoms with E-state index >= 15 is 0 Å². The molecule has 0 heterocycles. The fraction of sp³-hybridized carbons (Fsp3) is 1.00. The van der Waals surface area contributed by atoms with Crippen molar-refractivity contribution >= 4 is 7.80 Å². The maximum Gasteiger partial charge on any atom is 0.0833 e. The molecule has 0 rings (SSSR count). The average molecular weight is 273 g/mol. The molecular weight excluding hydrogens is 239 g/mol. The van der Waals surface area contributed by atoms with Crippen molar-refractivity contribution in [1.29, 1.82) is 0 Å². The third-order valence-corrected chi connectivity index (χ3v) is 5.54. The minimum Gasteiger partial charge on any atom is -0.286 e. The molecule has 18 heavy (non-hydrogen) atoms.